The van der Waals surface area contributed by atoms with Gasteiger partial charge in [-0.15, -0.1) is 0 Å². The predicted molar refractivity (Wildman–Crippen MR) is 82.0 cm³/mol. The molecular weight excluding hydrogens is 248 g/mol. The van der Waals surface area contributed by atoms with Crippen LogP contribution < -0.4 is 5.32 Å². The van der Waals surface area contributed by atoms with E-state index < -0.39 is 0 Å². The van der Waals surface area contributed by atoms with Gasteiger partial charge in [-0.1, -0.05) is 24.3 Å². The lowest BCUT2D eigenvalue weighted by molar-refractivity contribution is 0.00426. The molecule has 0 aromatic heterocycles. The van der Waals surface area contributed by atoms with Gasteiger partial charge in [-0.25, -0.2) is 0 Å². The Balaban J connectivity index is 1.80. The van der Waals surface area contributed by atoms with Gasteiger partial charge in [-0.2, -0.15) is 0 Å². The topological polar surface area (TPSA) is 24.5 Å². The Morgan fingerprint density at radius 1 is 1.25 bits per heavy atom. The normalized spacial score (nSPS) is 31.0. The zero-order valence-corrected chi connectivity index (χ0v) is 12.6. The van der Waals surface area contributed by atoms with E-state index in [1.54, 1.807) is 0 Å². The first-order valence-electron chi connectivity index (χ1n) is 7.85. The Kier molecular flexibility index (Phi) is 4.39. The molecule has 3 nitrogen and oxygen atoms in total. The van der Waals surface area contributed by atoms with Crippen LogP contribution in [0.4, 0.5) is 0 Å². The Morgan fingerprint density at radius 2 is 2.10 bits per heavy atom. The summed E-state index contributed by atoms with van der Waals surface area (Å²) in [5.74, 6) is 0. The van der Waals surface area contributed by atoms with E-state index in [0.29, 0.717) is 18.2 Å². The van der Waals surface area contributed by atoms with E-state index in [9.17, 15) is 0 Å². The molecule has 1 aromatic carbocycles. The highest BCUT2D eigenvalue weighted by Gasteiger charge is 2.34. The number of rotatable bonds is 3. The standard InChI is InChI=1S/C17H26N2O/c1-18-17-15-8-4-3-6-13(15)9-10-16(17)19-11-5-7-14(12-19)20-2/h3-4,6,8,14,16-18H,5,7,9-12H2,1-2H3. The SMILES string of the molecule is CNC1c2ccccc2CCC1N1CCCC(OC)C1. The van der Waals surface area contributed by atoms with Crippen LogP contribution >= 0.6 is 0 Å². The molecule has 0 spiro atoms. The van der Waals surface area contributed by atoms with Gasteiger partial charge in [0.25, 0.3) is 0 Å². The molecule has 1 aliphatic carbocycles. The van der Waals surface area contributed by atoms with E-state index in [0.717, 1.165) is 6.54 Å². The van der Waals surface area contributed by atoms with Crippen molar-refractivity contribution in [3.8, 4) is 0 Å². The van der Waals surface area contributed by atoms with Gasteiger partial charge < -0.3 is 10.1 Å². The molecule has 0 radical (unpaired) electrons. The maximum absolute atomic E-state index is 5.59. The molecule has 1 saturated heterocycles. The van der Waals surface area contributed by atoms with E-state index in [1.165, 1.54) is 43.4 Å². The maximum Gasteiger partial charge on any atom is 0.0698 e. The van der Waals surface area contributed by atoms with Gasteiger partial charge in [0.2, 0.25) is 0 Å². The zero-order chi connectivity index (χ0) is 13.9. The molecule has 1 heterocycles. The molecule has 1 aliphatic heterocycles. The fourth-order valence-electron chi connectivity index (χ4n) is 3.94. The van der Waals surface area contributed by atoms with Gasteiger partial charge in [0, 0.05) is 25.7 Å². The van der Waals surface area contributed by atoms with E-state index in [2.05, 4.69) is 41.5 Å². The Hall–Kier alpha value is -0.900. The largest absolute Gasteiger partial charge is 0.380 e. The van der Waals surface area contributed by atoms with Crippen molar-refractivity contribution in [3.63, 3.8) is 0 Å². The first-order valence-corrected chi connectivity index (χ1v) is 7.85. The van der Waals surface area contributed by atoms with Gasteiger partial charge in [-0.05, 0) is 50.4 Å². The number of benzene rings is 1. The van der Waals surface area contributed by atoms with Crippen LogP contribution in [0.15, 0.2) is 24.3 Å². The molecule has 1 fully saturated rings. The monoisotopic (exact) mass is 274 g/mol. The van der Waals surface area contributed by atoms with Gasteiger partial charge in [0.1, 0.15) is 0 Å². The fourth-order valence-corrected chi connectivity index (χ4v) is 3.94. The lowest BCUT2D eigenvalue weighted by Gasteiger charge is -2.44. The smallest absolute Gasteiger partial charge is 0.0698 e. The number of nitrogens with one attached hydrogen (secondary N) is 1. The van der Waals surface area contributed by atoms with Crippen molar-refractivity contribution in [2.24, 2.45) is 0 Å². The molecule has 110 valence electrons. The Bertz CT molecular complexity index is 448. The first-order chi connectivity index (χ1) is 9.83. The lowest BCUT2D eigenvalue weighted by Crippen LogP contribution is -2.51. The molecule has 1 N–H and O–H groups in total. The van der Waals surface area contributed by atoms with Crippen LogP contribution in [0.5, 0.6) is 0 Å². The van der Waals surface area contributed by atoms with E-state index in [1.807, 2.05) is 7.11 Å². The van der Waals surface area contributed by atoms with Crippen molar-refractivity contribution in [1.29, 1.82) is 0 Å². The molecule has 0 bridgehead atoms. The predicted octanol–water partition coefficient (Wildman–Crippen LogP) is 2.37. The van der Waals surface area contributed by atoms with Crippen LogP contribution in [-0.2, 0) is 11.2 Å². The van der Waals surface area contributed by atoms with Gasteiger partial charge in [0.05, 0.1) is 6.10 Å². The summed E-state index contributed by atoms with van der Waals surface area (Å²) in [4.78, 5) is 2.65. The minimum atomic E-state index is 0.415. The maximum atomic E-state index is 5.59. The number of aryl methyl sites for hydroxylation is 1. The Morgan fingerprint density at radius 3 is 2.90 bits per heavy atom. The fraction of sp³-hybridized carbons (Fsp3) is 0.647. The highest BCUT2D eigenvalue weighted by atomic mass is 16.5. The van der Waals surface area contributed by atoms with Crippen molar-refractivity contribution in [2.45, 2.75) is 43.9 Å². The van der Waals surface area contributed by atoms with E-state index in [4.69, 9.17) is 4.74 Å². The molecule has 0 amide bonds. The Labute approximate surface area is 122 Å². The van der Waals surface area contributed by atoms with Crippen LogP contribution in [0.2, 0.25) is 0 Å². The van der Waals surface area contributed by atoms with Gasteiger partial charge in [0.15, 0.2) is 0 Å². The number of nitrogens with zero attached hydrogens (tertiary/aromatic N) is 1. The molecule has 3 heteroatoms. The number of ether oxygens (including phenoxy) is 1. The molecular formula is C17H26N2O. The number of likely N-dealkylation sites (N-methyl/N-ethyl adjacent to an activating group) is 1. The third-order valence-corrected chi connectivity index (χ3v) is 5.01. The second-order valence-electron chi connectivity index (χ2n) is 6.07. The molecule has 3 rings (SSSR count). The average Bonchev–Trinajstić information content (AvgIpc) is 2.53. The number of likely N-dealkylation sites (tertiary alicyclic amines) is 1. The summed E-state index contributed by atoms with van der Waals surface area (Å²) in [6.07, 6.45) is 5.33. The van der Waals surface area contributed by atoms with Crippen LogP contribution in [0.25, 0.3) is 0 Å². The second-order valence-corrected chi connectivity index (χ2v) is 6.07. The van der Waals surface area contributed by atoms with Gasteiger partial charge in [-0.3, -0.25) is 4.90 Å². The second kappa shape index (κ2) is 6.25. The summed E-state index contributed by atoms with van der Waals surface area (Å²) in [5.41, 5.74) is 3.01. The number of hydrogen-bond acceptors (Lipinski definition) is 3. The highest BCUT2D eigenvalue weighted by molar-refractivity contribution is 5.34. The molecule has 0 saturated carbocycles. The summed E-state index contributed by atoms with van der Waals surface area (Å²) in [5, 5.41) is 3.56. The van der Waals surface area contributed by atoms with Crippen molar-refractivity contribution in [3.05, 3.63) is 35.4 Å². The van der Waals surface area contributed by atoms with Crippen molar-refractivity contribution in [1.82, 2.24) is 10.2 Å². The molecule has 1 aromatic rings. The third kappa shape index (κ3) is 2.62. The van der Waals surface area contributed by atoms with Crippen molar-refractivity contribution in [2.75, 3.05) is 27.2 Å². The first kappa shape index (κ1) is 14.1. The minimum absolute atomic E-state index is 0.415. The van der Waals surface area contributed by atoms with E-state index in [-0.39, 0.29) is 0 Å². The van der Waals surface area contributed by atoms with Crippen molar-refractivity contribution >= 4 is 0 Å². The van der Waals surface area contributed by atoms with Gasteiger partial charge >= 0.3 is 0 Å². The van der Waals surface area contributed by atoms with Crippen LogP contribution in [0, 0.1) is 0 Å². The quantitative estimate of drug-likeness (QED) is 0.916. The molecule has 3 unspecified atom stereocenters. The summed E-state index contributed by atoms with van der Waals surface area (Å²) < 4.78 is 5.59. The minimum Gasteiger partial charge on any atom is -0.380 e. The molecule has 2 aliphatic rings. The zero-order valence-electron chi connectivity index (χ0n) is 12.6. The van der Waals surface area contributed by atoms with Crippen LogP contribution in [0.3, 0.4) is 0 Å². The van der Waals surface area contributed by atoms with E-state index >= 15 is 0 Å². The third-order valence-electron chi connectivity index (χ3n) is 5.01. The van der Waals surface area contributed by atoms with Crippen molar-refractivity contribution < 1.29 is 4.74 Å². The van der Waals surface area contributed by atoms with Crippen LogP contribution in [-0.4, -0.2) is 44.3 Å². The summed E-state index contributed by atoms with van der Waals surface area (Å²) in [6.45, 7) is 2.30. The number of fused-ring (bicyclic) bond motifs is 1. The number of methoxy groups -OCH3 is 1. The summed E-state index contributed by atoms with van der Waals surface area (Å²) in [6, 6.07) is 9.96. The molecule has 20 heavy (non-hydrogen) atoms. The highest BCUT2D eigenvalue weighted by Crippen LogP contribution is 2.34. The molecule has 3 atom stereocenters. The number of piperidine rings is 1. The lowest BCUT2D eigenvalue weighted by atomic mass is 9.82. The average molecular weight is 274 g/mol. The summed E-state index contributed by atoms with van der Waals surface area (Å²) in [7, 11) is 3.94. The van der Waals surface area contributed by atoms with Crippen LogP contribution in [0.1, 0.15) is 36.4 Å². The summed E-state index contributed by atoms with van der Waals surface area (Å²) >= 11 is 0. The number of hydrogen-bond donors (Lipinski definition) is 1.